The molecule has 1 aliphatic rings. The van der Waals surface area contributed by atoms with E-state index in [1.807, 2.05) is 47.9 Å². The first-order valence-electron chi connectivity index (χ1n) is 9.79. The van der Waals surface area contributed by atoms with Crippen LogP contribution in [0.15, 0.2) is 54.6 Å². The van der Waals surface area contributed by atoms with Crippen LogP contribution < -0.4 is 10.4 Å². The van der Waals surface area contributed by atoms with Crippen molar-refractivity contribution in [3.63, 3.8) is 0 Å². The van der Waals surface area contributed by atoms with Gasteiger partial charge in [-0.1, -0.05) is 55.8 Å². The van der Waals surface area contributed by atoms with Crippen LogP contribution in [0.25, 0.3) is 0 Å². The maximum absolute atomic E-state index is 12.4. The van der Waals surface area contributed by atoms with Gasteiger partial charge in [0, 0.05) is 31.9 Å². The number of anilines is 1. The number of carbonyl (C=O) groups is 1. The second-order valence-electron chi connectivity index (χ2n) is 7.10. The van der Waals surface area contributed by atoms with Crippen LogP contribution >= 0.6 is 0 Å². The van der Waals surface area contributed by atoms with E-state index in [2.05, 4.69) is 28.9 Å². The number of rotatable bonds is 7. The summed E-state index contributed by atoms with van der Waals surface area (Å²) in [7, 11) is 0. The van der Waals surface area contributed by atoms with Crippen LogP contribution in [0.4, 0.5) is 5.69 Å². The quantitative estimate of drug-likeness (QED) is 0.583. The zero-order valence-electron chi connectivity index (χ0n) is 16.0. The molecule has 1 aliphatic heterocycles. The summed E-state index contributed by atoms with van der Waals surface area (Å²) < 4.78 is 0. The highest BCUT2D eigenvalue weighted by Gasteiger charge is 2.24. The molecule has 1 saturated heterocycles. The van der Waals surface area contributed by atoms with E-state index in [9.17, 15) is 10.0 Å². The van der Waals surface area contributed by atoms with Crippen molar-refractivity contribution < 1.29 is 10.0 Å². The van der Waals surface area contributed by atoms with Crippen molar-refractivity contribution in [3.8, 4) is 0 Å². The Labute approximate surface area is 161 Å². The number of benzene rings is 2. The summed E-state index contributed by atoms with van der Waals surface area (Å²) in [6, 6.07) is 17.7. The summed E-state index contributed by atoms with van der Waals surface area (Å²) >= 11 is 0. The van der Waals surface area contributed by atoms with E-state index in [-0.39, 0.29) is 0 Å². The van der Waals surface area contributed by atoms with Gasteiger partial charge in [-0.05, 0) is 36.2 Å². The molecule has 0 spiro atoms. The predicted octanol–water partition coefficient (Wildman–Crippen LogP) is 3.25. The van der Waals surface area contributed by atoms with Crippen LogP contribution in [0.1, 0.15) is 36.8 Å². The zero-order valence-corrected chi connectivity index (χ0v) is 16.0. The Morgan fingerprint density at radius 2 is 1.74 bits per heavy atom. The van der Waals surface area contributed by atoms with E-state index in [0.717, 1.165) is 43.0 Å². The molecule has 1 atom stereocenters. The third-order valence-electron chi connectivity index (χ3n) is 5.27. The molecule has 0 aliphatic carbocycles. The maximum atomic E-state index is 12.4. The van der Waals surface area contributed by atoms with Gasteiger partial charge in [0.05, 0.1) is 5.92 Å². The molecule has 2 aromatic rings. The number of nitrogens with zero attached hydrogens (tertiary/aromatic N) is 2. The van der Waals surface area contributed by atoms with E-state index in [1.165, 1.54) is 19.4 Å². The minimum atomic E-state index is -0.526. The van der Waals surface area contributed by atoms with Crippen molar-refractivity contribution in [2.75, 3.05) is 37.6 Å². The number of hydroxylamine groups is 1. The van der Waals surface area contributed by atoms with Crippen molar-refractivity contribution in [2.24, 2.45) is 0 Å². The zero-order chi connectivity index (χ0) is 19.1. The van der Waals surface area contributed by atoms with Gasteiger partial charge in [-0.15, -0.1) is 0 Å². The Morgan fingerprint density at radius 1 is 1.04 bits per heavy atom. The van der Waals surface area contributed by atoms with Crippen molar-refractivity contribution in [1.29, 1.82) is 0 Å². The molecule has 2 N–H and O–H groups in total. The molecule has 1 unspecified atom stereocenters. The monoisotopic (exact) mass is 367 g/mol. The second kappa shape index (κ2) is 9.53. The van der Waals surface area contributed by atoms with Crippen molar-refractivity contribution in [3.05, 3.63) is 65.7 Å². The Balaban J connectivity index is 1.77. The van der Waals surface area contributed by atoms with Gasteiger partial charge in [-0.25, -0.2) is 5.48 Å². The standard InChI is InChI=1S/C22H29N3O2/c1-2-3-12-24-13-15-25(16-14-24)20-11-7-10-19(17-20)21(22(26)23-27)18-8-5-4-6-9-18/h4-11,17,21,27H,2-3,12-16H2,1H3,(H,23,26). The van der Waals surface area contributed by atoms with Gasteiger partial charge < -0.3 is 4.90 Å². The summed E-state index contributed by atoms with van der Waals surface area (Å²) in [6.07, 6.45) is 2.49. The largest absolute Gasteiger partial charge is 0.369 e. The summed E-state index contributed by atoms with van der Waals surface area (Å²) in [5.74, 6) is -0.940. The van der Waals surface area contributed by atoms with Gasteiger partial charge in [0.25, 0.3) is 5.91 Å². The molecule has 1 fully saturated rings. The fourth-order valence-corrected chi connectivity index (χ4v) is 3.72. The first-order chi connectivity index (χ1) is 13.2. The molecular formula is C22H29N3O2. The molecule has 5 nitrogen and oxygen atoms in total. The minimum absolute atomic E-state index is 0.414. The van der Waals surface area contributed by atoms with Gasteiger partial charge in [0.1, 0.15) is 0 Å². The molecule has 0 aromatic heterocycles. The molecule has 0 radical (unpaired) electrons. The van der Waals surface area contributed by atoms with E-state index in [4.69, 9.17) is 0 Å². The van der Waals surface area contributed by atoms with Crippen molar-refractivity contribution in [1.82, 2.24) is 10.4 Å². The van der Waals surface area contributed by atoms with E-state index >= 15 is 0 Å². The normalized spacial score (nSPS) is 16.1. The fourth-order valence-electron chi connectivity index (χ4n) is 3.72. The van der Waals surface area contributed by atoms with Crippen LogP contribution in [-0.2, 0) is 4.79 Å². The van der Waals surface area contributed by atoms with Gasteiger partial charge in [-0.3, -0.25) is 14.9 Å². The lowest BCUT2D eigenvalue weighted by Gasteiger charge is -2.36. The Bertz CT molecular complexity index is 727. The number of piperazine rings is 1. The number of unbranched alkanes of at least 4 members (excludes halogenated alkanes) is 1. The van der Waals surface area contributed by atoms with Gasteiger partial charge in [0.15, 0.2) is 0 Å². The van der Waals surface area contributed by atoms with Gasteiger partial charge >= 0.3 is 0 Å². The summed E-state index contributed by atoms with van der Waals surface area (Å²) in [5, 5.41) is 9.23. The van der Waals surface area contributed by atoms with Gasteiger partial charge in [0.2, 0.25) is 0 Å². The van der Waals surface area contributed by atoms with E-state index in [0.29, 0.717) is 0 Å². The molecule has 144 valence electrons. The molecule has 1 amide bonds. The SMILES string of the molecule is CCCCN1CCN(c2cccc(C(C(=O)NO)c3ccccc3)c2)CC1. The third-order valence-corrected chi connectivity index (χ3v) is 5.27. The molecule has 2 aromatic carbocycles. The topological polar surface area (TPSA) is 55.8 Å². The lowest BCUT2D eigenvalue weighted by Crippen LogP contribution is -2.46. The molecule has 3 rings (SSSR count). The highest BCUT2D eigenvalue weighted by atomic mass is 16.5. The second-order valence-corrected chi connectivity index (χ2v) is 7.10. The van der Waals surface area contributed by atoms with Crippen molar-refractivity contribution in [2.45, 2.75) is 25.7 Å². The van der Waals surface area contributed by atoms with E-state index in [1.54, 1.807) is 0 Å². The highest BCUT2D eigenvalue weighted by Crippen LogP contribution is 2.28. The first kappa shape index (κ1) is 19.4. The van der Waals surface area contributed by atoms with Crippen LogP contribution in [0.5, 0.6) is 0 Å². The van der Waals surface area contributed by atoms with Crippen molar-refractivity contribution >= 4 is 11.6 Å². The minimum Gasteiger partial charge on any atom is -0.369 e. The average Bonchev–Trinajstić information content (AvgIpc) is 2.73. The smallest absolute Gasteiger partial charge is 0.255 e. The highest BCUT2D eigenvalue weighted by molar-refractivity contribution is 5.86. The first-order valence-corrected chi connectivity index (χ1v) is 9.79. The summed E-state index contributed by atoms with van der Waals surface area (Å²) in [5.41, 5.74) is 4.71. The maximum Gasteiger partial charge on any atom is 0.255 e. The van der Waals surface area contributed by atoms with Crippen LogP contribution in [0.3, 0.4) is 0 Å². The van der Waals surface area contributed by atoms with Crippen LogP contribution in [0, 0.1) is 0 Å². The Kier molecular flexibility index (Phi) is 6.85. The summed E-state index contributed by atoms with van der Waals surface area (Å²) in [4.78, 5) is 17.3. The lowest BCUT2D eigenvalue weighted by molar-refractivity contribution is -0.129. The van der Waals surface area contributed by atoms with Crippen LogP contribution in [-0.4, -0.2) is 48.7 Å². The van der Waals surface area contributed by atoms with E-state index < -0.39 is 11.8 Å². The number of amides is 1. The number of carbonyl (C=O) groups excluding carboxylic acids is 1. The van der Waals surface area contributed by atoms with Gasteiger partial charge in [-0.2, -0.15) is 0 Å². The Morgan fingerprint density at radius 3 is 2.41 bits per heavy atom. The number of nitrogens with one attached hydrogen (secondary N) is 1. The molecular weight excluding hydrogens is 338 g/mol. The van der Waals surface area contributed by atoms with Crippen LogP contribution in [0.2, 0.25) is 0 Å². The summed E-state index contributed by atoms with van der Waals surface area (Å²) in [6.45, 7) is 7.54. The average molecular weight is 367 g/mol. The fraction of sp³-hybridized carbons (Fsp3) is 0.409. The molecule has 0 saturated carbocycles. The molecule has 5 heteroatoms. The predicted molar refractivity (Wildman–Crippen MR) is 108 cm³/mol. The molecule has 27 heavy (non-hydrogen) atoms. The number of hydrogen-bond acceptors (Lipinski definition) is 4. The Hall–Kier alpha value is -2.37. The third kappa shape index (κ3) is 4.87. The number of hydrogen-bond donors (Lipinski definition) is 2. The molecule has 0 bridgehead atoms. The lowest BCUT2D eigenvalue weighted by atomic mass is 9.90. The molecule has 1 heterocycles.